The number of rotatable bonds is 3. The average molecular weight is 198 g/mol. The van der Waals surface area contributed by atoms with Gasteiger partial charge in [-0.05, 0) is 26.2 Å². The molecule has 4 heteroatoms. The first-order valence-electron chi connectivity index (χ1n) is 5.35. The van der Waals surface area contributed by atoms with Crippen molar-refractivity contribution < 1.29 is 9.53 Å². The molecular weight excluding hydrogens is 180 g/mol. The number of ether oxygens (including phenoxy) is 1. The van der Waals surface area contributed by atoms with Gasteiger partial charge in [0.05, 0.1) is 6.61 Å². The number of amides is 1. The van der Waals surface area contributed by atoms with E-state index in [1.165, 1.54) is 0 Å². The summed E-state index contributed by atoms with van der Waals surface area (Å²) in [5.74, 6) is 0.0833. The maximum absolute atomic E-state index is 12.1. The van der Waals surface area contributed by atoms with E-state index < -0.39 is 5.54 Å². The molecule has 1 unspecified atom stereocenters. The van der Waals surface area contributed by atoms with Crippen molar-refractivity contribution >= 4 is 5.91 Å². The molecule has 2 aliphatic rings. The van der Waals surface area contributed by atoms with Crippen molar-refractivity contribution in [3.63, 3.8) is 0 Å². The minimum Gasteiger partial charge on any atom is -0.379 e. The zero-order valence-electron chi connectivity index (χ0n) is 8.66. The van der Waals surface area contributed by atoms with E-state index in [-0.39, 0.29) is 5.91 Å². The first kappa shape index (κ1) is 9.93. The predicted molar refractivity (Wildman–Crippen MR) is 52.8 cm³/mol. The summed E-state index contributed by atoms with van der Waals surface area (Å²) in [5.41, 5.74) is 5.29. The van der Waals surface area contributed by atoms with Crippen LogP contribution in [0.1, 0.15) is 26.2 Å². The molecule has 0 aromatic heterocycles. The van der Waals surface area contributed by atoms with E-state index in [4.69, 9.17) is 10.5 Å². The molecule has 0 aromatic carbocycles. The molecule has 1 aliphatic heterocycles. The Hall–Kier alpha value is -0.610. The van der Waals surface area contributed by atoms with E-state index in [0.29, 0.717) is 25.7 Å². The Labute approximate surface area is 84.4 Å². The van der Waals surface area contributed by atoms with Gasteiger partial charge in [0, 0.05) is 19.2 Å². The number of nitrogens with two attached hydrogens (primary N) is 1. The van der Waals surface area contributed by atoms with Crippen molar-refractivity contribution in [2.75, 3.05) is 19.8 Å². The summed E-state index contributed by atoms with van der Waals surface area (Å²) in [5, 5.41) is 0. The molecule has 80 valence electrons. The zero-order chi connectivity index (χ0) is 10.2. The van der Waals surface area contributed by atoms with Crippen molar-refractivity contribution in [3.05, 3.63) is 0 Å². The molecule has 1 heterocycles. The molecule has 1 atom stereocenters. The third-order valence-electron chi connectivity index (χ3n) is 3.07. The normalized spacial score (nSPS) is 31.9. The lowest BCUT2D eigenvalue weighted by Gasteiger charge is -2.29. The average Bonchev–Trinajstić information content (AvgIpc) is 2.90. The van der Waals surface area contributed by atoms with E-state index >= 15 is 0 Å². The van der Waals surface area contributed by atoms with E-state index in [9.17, 15) is 4.79 Å². The number of likely N-dealkylation sites (N-methyl/N-ethyl adjacent to an activating group) is 1. The molecule has 0 radical (unpaired) electrons. The second-order valence-corrected chi connectivity index (χ2v) is 4.28. The van der Waals surface area contributed by atoms with Crippen LogP contribution >= 0.6 is 0 Å². The first-order chi connectivity index (χ1) is 6.67. The minimum atomic E-state index is -0.737. The SMILES string of the molecule is CCN(C(=O)C1(N)CCOC1)C1CC1. The molecule has 1 aliphatic carbocycles. The van der Waals surface area contributed by atoms with E-state index in [1.54, 1.807) is 0 Å². The van der Waals surface area contributed by atoms with Crippen molar-refractivity contribution in [1.82, 2.24) is 4.90 Å². The number of carbonyl (C=O) groups excluding carboxylic acids is 1. The molecular formula is C10H18N2O2. The van der Waals surface area contributed by atoms with Gasteiger partial charge in [-0.2, -0.15) is 0 Å². The first-order valence-corrected chi connectivity index (χ1v) is 5.35. The zero-order valence-corrected chi connectivity index (χ0v) is 8.66. The lowest BCUT2D eigenvalue weighted by atomic mass is 9.98. The molecule has 0 bridgehead atoms. The topological polar surface area (TPSA) is 55.6 Å². The Balaban J connectivity index is 2.04. The summed E-state index contributed by atoms with van der Waals surface area (Å²) in [6.07, 6.45) is 2.93. The van der Waals surface area contributed by atoms with Gasteiger partial charge in [-0.25, -0.2) is 0 Å². The second-order valence-electron chi connectivity index (χ2n) is 4.28. The van der Waals surface area contributed by atoms with Crippen LogP contribution < -0.4 is 5.73 Å². The van der Waals surface area contributed by atoms with Crippen molar-refractivity contribution in [3.8, 4) is 0 Å². The standard InChI is InChI=1S/C10H18N2O2/c1-2-12(8-3-4-8)9(13)10(11)5-6-14-7-10/h8H,2-7,11H2,1H3. The van der Waals surface area contributed by atoms with Gasteiger partial charge >= 0.3 is 0 Å². The van der Waals surface area contributed by atoms with Gasteiger partial charge in [0.15, 0.2) is 0 Å². The van der Waals surface area contributed by atoms with Crippen LogP contribution in [-0.4, -0.2) is 42.1 Å². The van der Waals surface area contributed by atoms with Crippen LogP contribution in [0.5, 0.6) is 0 Å². The Kier molecular flexibility index (Phi) is 2.49. The summed E-state index contributed by atoms with van der Waals surface area (Å²) in [6, 6.07) is 0.452. The van der Waals surface area contributed by atoms with Crippen LogP contribution in [0.2, 0.25) is 0 Å². The largest absolute Gasteiger partial charge is 0.379 e. The molecule has 1 saturated carbocycles. The third kappa shape index (κ3) is 1.64. The highest BCUT2D eigenvalue weighted by Crippen LogP contribution is 2.30. The van der Waals surface area contributed by atoms with Crippen LogP contribution in [0.15, 0.2) is 0 Å². The number of hydrogen-bond acceptors (Lipinski definition) is 3. The Morgan fingerprint density at radius 3 is 2.79 bits per heavy atom. The van der Waals surface area contributed by atoms with Crippen LogP contribution in [0.4, 0.5) is 0 Å². The van der Waals surface area contributed by atoms with Crippen LogP contribution in [0, 0.1) is 0 Å². The van der Waals surface area contributed by atoms with Crippen LogP contribution in [-0.2, 0) is 9.53 Å². The molecule has 1 amide bonds. The van der Waals surface area contributed by atoms with Gasteiger partial charge in [0.25, 0.3) is 0 Å². The highest BCUT2D eigenvalue weighted by atomic mass is 16.5. The second kappa shape index (κ2) is 3.51. The highest BCUT2D eigenvalue weighted by Gasteiger charge is 2.44. The molecule has 0 spiro atoms. The molecule has 2 rings (SSSR count). The molecule has 2 fully saturated rings. The van der Waals surface area contributed by atoms with Crippen molar-refractivity contribution in [2.24, 2.45) is 5.73 Å². The third-order valence-corrected chi connectivity index (χ3v) is 3.07. The highest BCUT2D eigenvalue weighted by molar-refractivity contribution is 5.87. The molecule has 0 aromatic rings. The van der Waals surface area contributed by atoms with Gasteiger partial charge in [-0.3, -0.25) is 4.79 Å². The number of hydrogen-bond donors (Lipinski definition) is 1. The lowest BCUT2D eigenvalue weighted by molar-refractivity contribution is -0.137. The van der Waals surface area contributed by atoms with Gasteiger partial charge in [-0.1, -0.05) is 0 Å². The fourth-order valence-electron chi connectivity index (χ4n) is 1.99. The number of carbonyl (C=O) groups is 1. The number of nitrogens with zero attached hydrogens (tertiary/aromatic N) is 1. The fourth-order valence-corrected chi connectivity index (χ4v) is 1.99. The summed E-state index contributed by atoms with van der Waals surface area (Å²) < 4.78 is 5.20. The van der Waals surface area contributed by atoms with Gasteiger partial charge in [0.2, 0.25) is 5.91 Å². The van der Waals surface area contributed by atoms with Gasteiger partial charge in [-0.15, -0.1) is 0 Å². The van der Waals surface area contributed by atoms with Crippen molar-refractivity contribution in [1.29, 1.82) is 0 Å². The monoisotopic (exact) mass is 198 g/mol. The Bertz CT molecular complexity index is 232. The van der Waals surface area contributed by atoms with E-state index in [1.807, 2.05) is 11.8 Å². The molecule has 4 nitrogen and oxygen atoms in total. The fraction of sp³-hybridized carbons (Fsp3) is 0.900. The minimum absolute atomic E-state index is 0.0833. The Morgan fingerprint density at radius 2 is 2.36 bits per heavy atom. The van der Waals surface area contributed by atoms with Crippen LogP contribution in [0.3, 0.4) is 0 Å². The summed E-state index contributed by atoms with van der Waals surface area (Å²) in [4.78, 5) is 14.0. The predicted octanol–water partition coefficient (Wildman–Crippen LogP) is 0.115. The maximum atomic E-state index is 12.1. The van der Waals surface area contributed by atoms with E-state index in [0.717, 1.165) is 19.4 Å². The summed E-state index contributed by atoms with van der Waals surface area (Å²) in [6.45, 7) is 3.78. The smallest absolute Gasteiger partial charge is 0.245 e. The molecule has 14 heavy (non-hydrogen) atoms. The van der Waals surface area contributed by atoms with Gasteiger partial charge < -0.3 is 15.4 Å². The molecule has 1 saturated heterocycles. The Morgan fingerprint density at radius 1 is 1.64 bits per heavy atom. The van der Waals surface area contributed by atoms with Crippen LogP contribution in [0.25, 0.3) is 0 Å². The van der Waals surface area contributed by atoms with Crippen molar-refractivity contribution in [2.45, 2.75) is 37.8 Å². The lowest BCUT2D eigenvalue weighted by Crippen LogP contribution is -2.56. The summed E-state index contributed by atoms with van der Waals surface area (Å²) in [7, 11) is 0. The van der Waals surface area contributed by atoms with E-state index in [2.05, 4.69) is 0 Å². The van der Waals surface area contributed by atoms with Gasteiger partial charge in [0.1, 0.15) is 5.54 Å². The maximum Gasteiger partial charge on any atom is 0.245 e. The molecule has 2 N–H and O–H groups in total. The quantitative estimate of drug-likeness (QED) is 0.700. The summed E-state index contributed by atoms with van der Waals surface area (Å²) >= 11 is 0.